The van der Waals surface area contributed by atoms with Gasteiger partial charge in [0.1, 0.15) is 11.9 Å². The Morgan fingerprint density at radius 2 is 1.97 bits per heavy atom. The highest BCUT2D eigenvalue weighted by Gasteiger charge is 2.34. The third kappa shape index (κ3) is 4.81. The number of hydrogen-bond acceptors (Lipinski definition) is 7. The number of halogens is 1. The number of benzene rings is 2. The zero-order valence-corrected chi connectivity index (χ0v) is 21.5. The first kappa shape index (κ1) is 24.7. The van der Waals surface area contributed by atoms with Crippen molar-refractivity contribution in [3.63, 3.8) is 0 Å². The molecule has 2 saturated heterocycles. The Morgan fingerprint density at radius 3 is 2.74 bits per heavy atom. The van der Waals surface area contributed by atoms with E-state index in [1.807, 2.05) is 30.3 Å². The summed E-state index contributed by atoms with van der Waals surface area (Å²) in [6, 6.07) is 14.5. The number of ether oxygens (including phenoxy) is 1. The molecule has 0 spiro atoms. The number of rotatable bonds is 7. The molecule has 0 radical (unpaired) electrons. The maximum absolute atomic E-state index is 14.5. The Labute approximate surface area is 220 Å². The third-order valence-electron chi connectivity index (χ3n) is 7.72. The molecule has 10 heteroatoms. The molecule has 198 valence electrons. The van der Waals surface area contributed by atoms with E-state index in [-0.39, 0.29) is 17.5 Å². The molecule has 38 heavy (non-hydrogen) atoms. The summed E-state index contributed by atoms with van der Waals surface area (Å²) in [5, 5.41) is 13.7. The lowest BCUT2D eigenvalue weighted by Crippen LogP contribution is -2.49. The van der Waals surface area contributed by atoms with Crippen LogP contribution in [0.1, 0.15) is 42.8 Å². The molecule has 0 bridgehead atoms. The topological polar surface area (TPSA) is 92.2 Å². The van der Waals surface area contributed by atoms with Gasteiger partial charge in [-0.3, -0.25) is 9.69 Å². The van der Waals surface area contributed by atoms with Crippen molar-refractivity contribution in [3.8, 4) is 0 Å². The predicted molar refractivity (Wildman–Crippen MR) is 143 cm³/mol. The van der Waals surface area contributed by atoms with E-state index in [9.17, 15) is 9.18 Å². The lowest BCUT2D eigenvalue weighted by atomic mass is 10.0. The molecule has 0 amide bonds. The second kappa shape index (κ2) is 10.6. The van der Waals surface area contributed by atoms with Crippen molar-refractivity contribution in [2.45, 2.75) is 44.9 Å². The van der Waals surface area contributed by atoms with E-state index in [0.717, 1.165) is 36.8 Å². The molecule has 2 aliphatic rings. The second-order valence-corrected chi connectivity index (χ2v) is 10.1. The van der Waals surface area contributed by atoms with E-state index in [4.69, 9.17) is 4.74 Å². The van der Waals surface area contributed by atoms with Gasteiger partial charge in [-0.25, -0.2) is 9.07 Å². The largest absolute Gasteiger partial charge is 0.376 e. The number of hydrogen-bond donors (Lipinski definition) is 1. The van der Waals surface area contributed by atoms with E-state index in [0.29, 0.717) is 49.8 Å². The van der Waals surface area contributed by atoms with Crippen LogP contribution in [0.2, 0.25) is 0 Å². The van der Waals surface area contributed by atoms with Crippen LogP contribution in [0.25, 0.3) is 10.9 Å². The molecule has 9 nitrogen and oxygen atoms in total. The zero-order chi connectivity index (χ0) is 26.1. The maximum atomic E-state index is 14.5. The second-order valence-electron chi connectivity index (χ2n) is 10.1. The highest BCUT2D eigenvalue weighted by Crippen LogP contribution is 2.30. The summed E-state index contributed by atoms with van der Waals surface area (Å²) >= 11 is 0. The normalized spacial score (nSPS) is 19.3. The number of nitrogens with one attached hydrogen (secondary N) is 1. The first-order chi connectivity index (χ1) is 18.6. The van der Waals surface area contributed by atoms with Gasteiger partial charge in [0.15, 0.2) is 5.82 Å². The third-order valence-corrected chi connectivity index (χ3v) is 7.72. The van der Waals surface area contributed by atoms with Crippen molar-refractivity contribution in [1.29, 1.82) is 0 Å². The molecule has 2 aromatic heterocycles. The summed E-state index contributed by atoms with van der Waals surface area (Å²) in [7, 11) is 0. The van der Waals surface area contributed by atoms with E-state index in [1.54, 1.807) is 10.7 Å². The lowest BCUT2D eigenvalue weighted by molar-refractivity contribution is 0.0906. The van der Waals surface area contributed by atoms with Crippen LogP contribution in [-0.4, -0.2) is 69.0 Å². The van der Waals surface area contributed by atoms with Gasteiger partial charge in [-0.15, -0.1) is 5.10 Å². The van der Waals surface area contributed by atoms with E-state index >= 15 is 0 Å². The molecule has 0 unspecified atom stereocenters. The fourth-order valence-electron chi connectivity index (χ4n) is 5.64. The molecule has 4 heterocycles. The molecule has 4 aromatic rings. The van der Waals surface area contributed by atoms with Gasteiger partial charge < -0.3 is 14.6 Å². The summed E-state index contributed by atoms with van der Waals surface area (Å²) < 4.78 is 22.1. The number of pyridine rings is 1. The predicted octanol–water partition coefficient (Wildman–Crippen LogP) is 3.31. The summed E-state index contributed by atoms with van der Waals surface area (Å²) in [6.07, 6.45) is 2.94. The number of nitrogens with zero attached hydrogens (tertiary/aromatic N) is 6. The van der Waals surface area contributed by atoms with E-state index in [1.165, 1.54) is 11.6 Å². The number of aromatic nitrogens is 5. The van der Waals surface area contributed by atoms with Crippen molar-refractivity contribution in [2.75, 3.05) is 37.7 Å². The molecule has 6 rings (SSSR count). The quantitative estimate of drug-likeness (QED) is 0.402. The highest BCUT2D eigenvalue weighted by molar-refractivity contribution is 5.80. The minimum Gasteiger partial charge on any atom is -0.376 e. The lowest BCUT2D eigenvalue weighted by Gasteiger charge is -2.39. The molecule has 2 aliphatic heterocycles. The van der Waals surface area contributed by atoms with Gasteiger partial charge in [0.25, 0.3) is 5.56 Å². The monoisotopic (exact) mass is 517 g/mol. The Kier molecular flexibility index (Phi) is 6.90. The Bertz CT molecular complexity index is 1470. The number of aryl methyl sites for hydroxylation is 1. The minimum atomic E-state index is -0.451. The van der Waals surface area contributed by atoms with Gasteiger partial charge in [-0.1, -0.05) is 25.1 Å². The van der Waals surface area contributed by atoms with Gasteiger partial charge in [-0.05, 0) is 71.0 Å². The van der Waals surface area contributed by atoms with Crippen LogP contribution in [0.15, 0.2) is 53.3 Å². The molecular weight excluding hydrogens is 485 g/mol. The minimum absolute atomic E-state index is 0.0535. The summed E-state index contributed by atoms with van der Waals surface area (Å²) in [5.74, 6) is 0.395. The van der Waals surface area contributed by atoms with Crippen LogP contribution in [-0.2, 0) is 17.7 Å². The Balaban J connectivity index is 1.38. The maximum Gasteiger partial charge on any atom is 0.253 e. The Hall–Kier alpha value is -3.63. The average Bonchev–Trinajstić information content (AvgIpc) is 3.62. The standard InChI is InChI=1S/C28H32FN7O2/c1-2-19-9-10-24-20(16-19)17-22(28(37)30-24)26(27-31-32-33-36(27)18-21-6-5-15-38-21)35-13-11-34(12-14-35)25-8-4-3-7-23(25)29/h3-4,7-10,16-17,21,26H,2,5-6,11-15,18H2,1H3,(H,30,37)/t21-,26+/m1/s1. The van der Waals surface area contributed by atoms with Crippen molar-refractivity contribution in [1.82, 2.24) is 30.1 Å². The van der Waals surface area contributed by atoms with Gasteiger partial charge in [0, 0.05) is 43.9 Å². The summed E-state index contributed by atoms with van der Waals surface area (Å²) in [4.78, 5) is 20.9. The van der Waals surface area contributed by atoms with Gasteiger partial charge in [0.05, 0.1) is 18.3 Å². The summed E-state index contributed by atoms with van der Waals surface area (Å²) in [6.45, 7) is 5.89. The van der Waals surface area contributed by atoms with Crippen LogP contribution in [0, 0.1) is 5.82 Å². The number of tetrazole rings is 1. The van der Waals surface area contributed by atoms with Crippen LogP contribution in [0.4, 0.5) is 10.1 Å². The number of piperazine rings is 1. The number of aromatic amines is 1. The first-order valence-electron chi connectivity index (χ1n) is 13.4. The SMILES string of the molecule is CCc1ccc2[nH]c(=O)c([C@@H](c3nnnn3C[C@H]3CCCO3)N3CCN(c4ccccc4F)CC3)cc2c1. The molecule has 0 aliphatic carbocycles. The fourth-order valence-corrected chi connectivity index (χ4v) is 5.64. The number of fused-ring (bicyclic) bond motifs is 1. The van der Waals surface area contributed by atoms with Gasteiger partial charge >= 0.3 is 0 Å². The number of para-hydroxylation sites is 1. The van der Waals surface area contributed by atoms with Crippen molar-refractivity contribution < 1.29 is 9.13 Å². The fraction of sp³-hybridized carbons (Fsp3) is 0.429. The average molecular weight is 518 g/mol. The Morgan fingerprint density at radius 1 is 1.13 bits per heavy atom. The van der Waals surface area contributed by atoms with Crippen molar-refractivity contribution in [2.24, 2.45) is 0 Å². The summed E-state index contributed by atoms with van der Waals surface area (Å²) in [5.41, 5.74) is 3.05. The van der Waals surface area contributed by atoms with Crippen LogP contribution < -0.4 is 10.5 Å². The highest BCUT2D eigenvalue weighted by atomic mass is 19.1. The van der Waals surface area contributed by atoms with Crippen molar-refractivity contribution >= 4 is 16.6 Å². The number of anilines is 1. The van der Waals surface area contributed by atoms with Crippen LogP contribution in [0.5, 0.6) is 0 Å². The molecular formula is C28H32FN7O2. The molecule has 1 N–H and O–H groups in total. The van der Waals surface area contributed by atoms with Gasteiger partial charge in [-0.2, -0.15) is 0 Å². The van der Waals surface area contributed by atoms with Crippen molar-refractivity contribution in [3.05, 3.63) is 81.7 Å². The van der Waals surface area contributed by atoms with Gasteiger partial charge in [0.2, 0.25) is 0 Å². The van der Waals surface area contributed by atoms with E-state index in [2.05, 4.69) is 43.3 Å². The van der Waals surface area contributed by atoms with Crippen LogP contribution in [0.3, 0.4) is 0 Å². The molecule has 2 atom stereocenters. The smallest absolute Gasteiger partial charge is 0.253 e. The molecule has 2 fully saturated rings. The zero-order valence-electron chi connectivity index (χ0n) is 21.5. The van der Waals surface area contributed by atoms with Crippen LogP contribution >= 0.6 is 0 Å². The molecule has 0 saturated carbocycles. The van der Waals surface area contributed by atoms with E-state index < -0.39 is 6.04 Å². The number of H-pyrrole nitrogens is 1. The first-order valence-corrected chi connectivity index (χ1v) is 13.4. The molecule has 2 aromatic carbocycles.